The Morgan fingerprint density at radius 2 is 2.03 bits per heavy atom. The summed E-state index contributed by atoms with van der Waals surface area (Å²) in [5.41, 5.74) is 2.51. The zero-order valence-electron chi connectivity index (χ0n) is 17.2. The minimum Gasteiger partial charge on any atom is -0.491 e. The predicted octanol–water partition coefficient (Wildman–Crippen LogP) is 2.78. The van der Waals surface area contributed by atoms with E-state index in [1.54, 1.807) is 36.0 Å². The van der Waals surface area contributed by atoms with Crippen LogP contribution in [0.15, 0.2) is 24.3 Å². The van der Waals surface area contributed by atoms with Gasteiger partial charge in [0.25, 0.3) is 5.91 Å². The van der Waals surface area contributed by atoms with Crippen LogP contribution in [-0.2, 0) is 21.3 Å². The van der Waals surface area contributed by atoms with Gasteiger partial charge in [-0.25, -0.2) is 4.79 Å². The highest BCUT2D eigenvalue weighted by atomic mass is 16.5. The quantitative estimate of drug-likeness (QED) is 0.718. The van der Waals surface area contributed by atoms with Gasteiger partial charge in [0.1, 0.15) is 12.4 Å². The van der Waals surface area contributed by atoms with Crippen LogP contribution in [0.1, 0.15) is 41.5 Å². The summed E-state index contributed by atoms with van der Waals surface area (Å²) in [4.78, 5) is 24.7. The van der Waals surface area contributed by atoms with Gasteiger partial charge in [-0.3, -0.25) is 9.48 Å². The molecule has 1 fully saturated rings. The Kier molecular flexibility index (Phi) is 6.53. The van der Waals surface area contributed by atoms with Crippen LogP contribution in [0.4, 0.5) is 5.69 Å². The monoisotopic (exact) mass is 401 g/mol. The fourth-order valence-corrected chi connectivity index (χ4v) is 3.11. The van der Waals surface area contributed by atoms with Gasteiger partial charge in [-0.2, -0.15) is 5.10 Å². The molecule has 1 N–H and O–H groups in total. The summed E-state index contributed by atoms with van der Waals surface area (Å²) >= 11 is 0. The Morgan fingerprint density at radius 3 is 2.62 bits per heavy atom. The second-order valence-corrected chi connectivity index (χ2v) is 7.18. The molecule has 0 bridgehead atoms. The minimum atomic E-state index is -0.947. The van der Waals surface area contributed by atoms with Gasteiger partial charge in [0, 0.05) is 13.7 Å². The fraction of sp³-hybridized carbons (Fsp3) is 0.476. The number of aromatic nitrogens is 2. The number of hydrogen-bond donors (Lipinski definition) is 1. The molecule has 1 saturated heterocycles. The number of benzene rings is 1. The molecule has 1 aliphatic heterocycles. The molecule has 2 aromatic rings. The third-order valence-corrected chi connectivity index (χ3v) is 4.96. The van der Waals surface area contributed by atoms with Crippen molar-refractivity contribution in [2.75, 3.05) is 18.5 Å². The molecule has 1 amide bonds. The predicted molar refractivity (Wildman–Crippen MR) is 107 cm³/mol. The Labute approximate surface area is 170 Å². The number of hydrogen-bond acceptors (Lipinski definition) is 6. The Balaban J connectivity index is 1.52. The number of nitrogens with one attached hydrogen (secondary N) is 1. The van der Waals surface area contributed by atoms with Crippen molar-refractivity contribution >= 4 is 17.6 Å². The molecule has 0 radical (unpaired) electrons. The molecular formula is C21H27N3O5. The molecule has 0 unspecified atom stereocenters. The topological polar surface area (TPSA) is 91.7 Å². The van der Waals surface area contributed by atoms with Crippen molar-refractivity contribution in [3.05, 3.63) is 41.2 Å². The van der Waals surface area contributed by atoms with Gasteiger partial charge in [-0.15, -0.1) is 0 Å². The zero-order chi connectivity index (χ0) is 21.0. The molecule has 0 spiro atoms. The average Bonchev–Trinajstić information content (AvgIpc) is 3.30. The molecular weight excluding hydrogens is 374 g/mol. The maximum Gasteiger partial charge on any atom is 0.338 e. The summed E-state index contributed by atoms with van der Waals surface area (Å²) in [6.45, 7) is 6.47. The SMILES string of the molecule is Cc1nn(C)c(C)c1NC(=O)[C@@H](C)OC(=O)c1ccc(OC[C@@H]2CCCO2)cc1. The van der Waals surface area contributed by atoms with Gasteiger partial charge in [0.2, 0.25) is 0 Å². The standard InChI is InChI=1S/C21H27N3O5/c1-13-19(14(2)24(4)23-13)22-20(25)15(3)29-21(26)16-7-9-17(10-8-16)28-12-18-6-5-11-27-18/h7-10,15,18H,5-6,11-12H2,1-4H3,(H,22,25)/t15-,18+/m1/s1. The average molecular weight is 401 g/mol. The van der Waals surface area contributed by atoms with E-state index in [9.17, 15) is 9.59 Å². The van der Waals surface area contributed by atoms with Crippen LogP contribution in [0, 0.1) is 13.8 Å². The summed E-state index contributed by atoms with van der Waals surface area (Å²) in [5.74, 6) is -0.322. The summed E-state index contributed by atoms with van der Waals surface area (Å²) in [6.07, 6.45) is 1.25. The van der Waals surface area contributed by atoms with E-state index in [0.717, 1.165) is 25.1 Å². The van der Waals surface area contributed by atoms with Crippen molar-refractivity contribution in [2.45, 2.75) is 45.8 Å². The number of ether oxygens (including phenoxy) is 3. The number of esters is 1. The Morgan fingerprint density at radius 1 is 1.31 bits per heavy atom. The van der Waals surface area contributed by atoms with E-state index in [1.165, 1.54) is 6.92 Å². The molecule has 156 valence electrons. The van der Waals surface area contributed by atoms with E-state index in [0.29, 0.717) is 29.3 Å². The lowest BCUT2D eigenvalue weighted by Crippen LogP contribution is -2.30. The number of carbonyl (C=O) groups is 2. The van der Waals surface area contributed by atoms with Crippen LogP contribution in [0.5, 0.6) is 5.75 Å². The first-order chi connectivity index (χ1) is 13.8. The molecule has 8 nitrogen and oxygen atoms in total. The molecule has 2 heterocycles. The van der Waals surface area contributed by atoms with Gasteiger partial charge in [-0.1, -0.05) is 0 Å². The number of amides is 1. The molecule has 2 atom stereocenters. The highest BCUT2D eigenvalue weighted by Gasteiger charge is 2.22. The number of aryl methyl sites for hydroxylation is 2. The molecule has 3 rings (SSSR count). The van der Waals surface area contributed by atoms with E-state index in [2.05, 4.69) is 10.4 Å². The van der Waals surface area contributed by atoms with Crippen molar-refractivity contribution in [1.82, 2.24) is 9.78 Å². The lowest BCUT2D eigenvalue weighted by molar-refractivity contribution is -0.123. The lowest BCUT2D eigenvalue weighted by atomic mass is 10.2. The lowest BCUT2D eigenvalue weighted by Gasteiger charge is -2.14. The van der Waals surface area contributed by atoms with Gasteiger partial charge < -0.3 is 19.5 Å². The van der Waals surface area contributed by atoms with Crippen LogP contribution >= 0.6 is 0 Å². The van der Waals surface area contributed by atoms with E-state index in [-0.39, 0.29) is 6.10 Å². The highest BCUT2D eigenvalue weighted by Crippen LogP contribution is 2.20. The van der Waals surface area contributed by atoms with Crippen molar-refractivity contribution in [2.24, 2.45) is 7.05 Å². The third-order valence-electron chi connectivity index (χ3n) is 4.96. The van der Waals surface area contributed by atoms with Crippen LogP contribution in [0.2, 0.25) is 0 Å². The summed E-state index contributed by atoms with van der Waals surface area (Å²) in [7, 11) is 1.80. The largest absolute Gasteiger partial charge is 0.491 e. The first-order valence-electron chi connectivity index (χ1n) is 9.71. The maximum absolute atomic E-state index is 12.4. The first-order valence-corrected chi connectivity index (χ1v) is 9.71. The van der Waals surface area contributed by atoms with E-state index < -0.39 is 18.0 Å². The Bertz CT molecular complexity index is 869. The fourth-order valence-electron chi connectivity index (χ4n) is 3.11. The normalized spacial score (nSPS) is 17.0. The van der Waals surface area contributed by atoms with E-state index in [4.69, 9.17) is 14.2 Å². The van der Waals surface area contributed by atoms with Crippen molar-refractivity contribution in [3.8, 4) is 5.75 Å². The van der Waals surface area contributed by atoms with Gasteiger partial charge in [0.15, 0.2) is 6.10 Å². The van der Waals surface area contributed by atoms with Crippen LogP contribution in [0.3, 0.4) is 0 Å². The number of carbonyl (C=O) groups excluding carboxylic acids is 2. The zero-order valence-corrected chi connectivity index (χ0v) is 17.2. The van der Waals surface area contributed by atoms with Crippen LogP contribution in [-0.4, -0.2) is 47.1 Å². The molecule has 1 aromatic carbocycles. The first kappa shape index (κ1) is 20.9. The van der Waals surface area contributed by atoms with Crippen LogP contribution < -0.4 is 10.1 Å². The van der Waals surface area contributed by atoms with Crippen LogP contribution in [0.25, 0.3) is 0 Å². The van der Waals surface area contributed by atoms with Crippen molar-refractivity contribution < 1.29 is 23.8 Å². The second kappa shape index (κ2) is 9.09. The van der Waals surface area contributed by atoms with Gasteiger partial charge in [0.05, 0.1) is 28.7 Å². The smallest absolute Gasteiger partial charge is 0.338 e. The molecule has 0 aliphatic carbocycles. The van der Waals surface area contributed by atoms with Crippen molar-refractivity contribution in [1.29, 1.82) is 0 Å². The summed E-state index contributed by atoms with van der Waals surface area (Å²) < 4.78 is 18.2. The molecule has 1 aromatic heterocycles. The van der Waals surface area contributed by atoms with Gasteiger partial charge >= 0.3 is 5.97 Å². The summed E-state index contributed by atoms with van der Waals surface area (Å²) in [6, 6.07) is 6.65. The highest BCUT2D eigenvalue weighted by molar-refractivity contribution is 5.98. The molecule has 8 heteroatoms. The number of anilines is 1. The molecule has 0 saturated carbocycles. The number of rotatable bonds is 7. The summed E-state index contributed by atoms with van der Waals surface area (Å²) in [5, 5.41) is 7.03. The Hall–Kier alpha value is -2.87. The molecule has 1 aliphatic rings. The van der Waals surface area contributed by atoms with E-state index in [1.807, 2.05) is 13.8 Å². The number of nitrogens with zero attached hydrogens (tertiary/aromatic N) is 2. The third kappa shape index (κ3) is 5.14. The van der Waals surface area contributed by atoms with Crippen molar-refractivity contribution in [3.63, 3.8) is 0 Å². The second-order valence-electron chi connectivity index (χ2n) is 7.18. The minimum absolute atomic E-state index is 0.131. The van der Waals surface area contributed by atoms with Gasteiger partial charge in [-0.05, 0) is 57.9 Å². The molecule has 29 heavy (non-hydrogen) atoms. The van der Waals surface area contributed by atoms with E-state index >= 15 is 0 Å². The maximum atomic E-state index is 12.4.